The van der Waals surface area contributed by atoms with Crippen molar-refractivity contribution in [1.29, 1.82) is 0 Å². The number of hydrogen-bond donors (Lipinski definition) is 2. The van der Waals surface area contributed by atoms with E-state index in [0.717, 1.165) is 12.8 Å². The van der Waals surface area contributed by atoms with Crippen molar-refractivity contribution in [2.75, 3.05) is 0 Å². The summed E-state index contributed by atoms with van der Waals surface area (Å²) in [5.41, 5.74) is 7.50. The maximum Gasteiger partial charge on any atom is 0.463 e. The molecule has 0 aromatic rings. The number of rotatable bonds is 1. The first kappa shape index (κ1) is 15.3. The van der Waals surface area contributed by atoms with Crippen LogP contribution in [0, 0.1) is 0 Å². The predicted octanol–water partition coefficient (Wildman–Crippen LogP) is 3.63. The van der Waals surface area contributed by atoms with Gasteiger partial charge in [0.2, 0.25) is 0 Å². The van der Waals surface area contributed by atoms with Gasteiger partial charge in [0.05, 0.1) is 0 Å². The molecule has 1 aliphatic rings. The molecule has 2 nitrogen and oxygen atoms in total. The van der Waals surface area contributed by atoms with Gasteiger partial charge in [0, 0.05) is 5.82 Å². The molecule has 0 aromatic heterocycles. The highest BCUT2D eigenvalue weighted by molar-refractivity contribution is 6.45. The highest BCUT2D eigenvalue weighted by Crippen LogP contribution is 2.45. The Labute approximate surface area is 111 Å². The van der Waals surface area contributed by atoms with E-state index in [4.69, 9.17) is 0 Å². The molecule has 0 aromatic carbocycles. The van der Waals surface area contributed by atoms with E-state index >= 15 is 0 Å². The van der Waals surface area contributed by atoms with Crippen LogP contribution in [0.15, 0.2) is 33.4 Å². The lowest BCUT2D eigenvalue weighted by Crippen LogP contribution is -2.28. The van der Waals surface area contributed by atoms with Gasteiger partial charge >= 0.3 is 7.12 Å². The summed E-state index contributed by atoms with van der Waals surface area (Å²) >= 11 is 0. The van der Waals surface area contributed by atoms with E-state index in [-0.39, 0.29) is 5.82 Å². The number of allylic oxidation sites excluding steroid dienone is 6. The summed E-state index contributed by atoms with van der Waals surface area (Å²) in [5, 5.41) is 19.4. The maximum absolute atomic E-state index is 9.71. The summed E-state index contributed by atoms with van der Waals surface area (Å²) in [5.74, 6) is -0.219. The van der Waals surface area contributed by atoms with Crippen molar-refractivity contribution >= 4 is 7.12 Å². The Balaban J connectivity index is 3.38. The predicted molar refractivity (Wildman–Crippen MR) is 78.3 cm³/mol. The van der Waals surface area contributed by atoms with Crippen molar-refractivity contribution < 1.29 is 10.0 Å². The van der Waals surface area contributed by atoms with Crippen LogP contribution in [0.2, 0.25) is 5.82 Å². The largest absolute Gasteiger partial charge is 0.463 e. The van der Waals surface area contributed by atoms with Crippen LogP contribution in [0.3, 0.4) is 0 Å². The normalized spacial score (nSPS) is 20.0. The summed E-state index contributed by atoms with van der Waals surface area (Å²) in [6.45, 7) is 12.5. The molecule has 0 heterocycles. The Morgan fingerprint density at radius 1 is 0.833 bits per heavy atom. The van der Waals surface area contributed by atoms with E-state index in [2.05, 4.69) is 41.5 Å². The lowest BCUT2D eigenvalue weighted by atomic mass is 9.57. The molecule has 100 valence electrons. The minimum atomic E-state index is -1.29. The third-order valence-electron chi connectivity index (χ3n) is 3.85. The topological polar surface area (TPSA) is 40.5 Å². The van der Waals surface area contributed by atoms with Gasteiger partial charge in [0.25, 0.3) is 0 Å². The highest BCUT2D eigenvalue weighted by atomic mass is 16.4. The van der Waals surface area contributed by atoms with E-state index in [1.807, 2.05) is 0 Å². The Morgan fingerprint density at radius 3 is 1.44 bits per heavy atom. The van der Waals surface area contributed by atoms with Crippen LogP contribution in [-0.2, 0) is 0 Å². The Morgan fingerprint density at radius 2 is 1.22 bits per heavy atom. The van der Waals surface area contributed by atoms with Crippen molar-refractivity contribution in [3.05, 3.63) is 33.4 Å². The van der Waals surface area contributed by atoms with Gasteiger partial charge in [-0.3, -0.25) is 0 Å². The van der Waals surface area contributed by atoms with Crippen LogP contribution in [0.1, 0.15) is 54.4 Å². The second-order valence-electron chi connectivity index (χ2n) is 5.90. The molecule has 3 heteroatoms. The van der Waals surface area contributed by atoms with Crippen LogP contribution in [0.25, 0.3) is 0 Å². The Hall–Kier alpha value is -0.795. The average Bonchev–Trinajstić information content (AvgIpc) is 2.26. The van der Waals surface area contributed by atoms with Crippen molar-refractivity contribution in [2.24, 2.45) is 0 Å². The van der Waals surface area contributed by atoms with Crippen molar-refractivity contribution in [3.63, 3.8) is 0 Å². The molecule has 0 aliphatic heterocycles. The fourth-order valence-electron chi connectivity index (χ4n) is 2.64. The summed E-state index contributed by atoms with van der Waals surface area (Å²) in [7, 11) is -1.29. The fraction of sp³-hybridized carbons (Fsp3) is 0.600. The fourth-order valence-corrected chi connectivity index (χ4v) is 2.64. The lowest BCUT2D eigenvalue weighted by molar-refractivity contribution is 0.394. The molecule has 1 saturated carbocycles. The molecule has 1 rings (SSSR count). The van der Waals surface area contributed by atoms with Gasteiger partial charge < -0.3 is 10.0 Å². The van der Waals surface area contributed by atoms with Crippen LogP contribution >= 0.6 is 0 Å². The second-order valence-corrected chi connectivity index (χ2v) is 5.90. The molecule has 0 saturated heterocycles. The third kappa shape index (κ3) is 3.15. The zero-order valence-electron chi connectivity index (χ0n) is 12.5. The highest BCUT2D eigenvalue weighted by Gasteiger charge is 2.36. The molecule has 0 bridgehead atoms. The first-order chi connectivity index (χ1) is 8.25. The molecule has 1 aliphatic carbocycles. The van der Waals surface area contributed by atoms with Gasteiger partial charge in [-0.1, -0.05) is 33.4 Å². The minimum Gasteiger partial charge on any atom is -0.426 e. The van der Waals surface area contributed by atoms with E-state index in [9.17, 15) is 10.0 Å². The summed E-state index contributed by atoms with van der Waals surface area (Å²) in [4.78, 5) is 0. The van der Waals surface area contributed by atoms with Gasteiger partial charge in [0.1, 0.15) is 0 Å². The van der Waals surface area contributed by atoms with Crippen molar-refractivity contribution in [3.8, 4) is 0 Å². The standard InChI is InChI=1S/C15H25BO2/c1-9(2)12-7-13(10(3)4)15(16(17)18)14(8-12)11(5)6/h15,17-18H,7-8H2,1-6H3. The summed E-state index contributed by atoms with van der Waals surface area (Å²) in [6, 6.07) is 0. The van der Waals surface area contributed by atoms with Gasteiger partial charge in [-0.05, 0) is 54.4 Å². The minimum absolute atomic E-state index is 0.219. The van der Waals surface area contributed by atoms with Crippen LogP contribution in [0.5, 0.6) is 0 Å². The molecule has 0 radical (unpaired) electrons. The quantitative estimate of drug-likeness (QED) is 0.549. The van der Waals surface area contributed by atoms with Crippen LogP contribution < -0.4 is 0 Å². The molecule has 0 amide bonds. The lowest BCUT2D eigenvalue weighted by Gasteiger charge is -2.33. The maximum atomic E-state index is 9.71. The van der Waals surface area contributed by atoms with E-state index in [1.54, 1.807) is 0 Å². The summed E-state index contributed by atoms with van der Waals surface area (Å²) < 4.78 is 0. The van der Waals surface area contributed by atoms with Gasteiger partial charge in [-0.2, -0.15) is 0 Å². The van der Waals surface area contributed by atoms with Crippen LogP contribution in [-0.4, -0.2) is 17.2 Å². The van der Waals surface area contributed by atoms with Gasteiger partial charge in [-0.15, -0.1) is 0 Å². The molecule has 18 heavy (non-hydrogen) atoms. The third-order valence-corrected chi connectivity index (χ3v) is 3.85. The molecular formula is C15H25BO2. The molecular weight excluding hydrogens is 223 g/mol. The first-order valence-corrected chi connectivity index (χ1v) is 6.59. The smallest absolute Gasteiger partial charge is 0.426 e. The van der Waals surface area contributed by atoms with E-state index in [0.29, 0.717) is 0 Å². The Bertz CT molecular complexity index is 386. The van der Waals surface area contributed by atoms with Gasteiger partial charge in [-0.25, -0.2) is 0 Å². The molecule has 0 spiro atoms. The number of hydrogen-bond acceptors (Lipinski definition) is 2. The average molecular weight is 248 g/mol. The molecule has 0 unspecified atom stereocenters. The van der Waals surface area contributed by atoms with E-state index in [1.165, 1.54) is 33.4 Å². The molecule has 0 atom stereocenters. The van der Waals surface area contributed by atoms with Crippen LogP contribution in [0.4, 0.5) is 0 Å². The molecule has 2 N–H and O–H groups in total. The Kier molecular flexibility index (Phi) is 5.00. The zero-order valence-corrected chi connectivity index (χ0v) is 12.5. The van der Waals surface area contributed by atoms with Gasteiger partial charge in [0.15, 0.2) is 0 Å². The van der Waals surface area contributed by atoms with Crippen molar-refractivity contribution in [2.45, 2.75) is 60.2 Å². The monoisotopic (exact) mass is 248 g/mol. The molecule has 1 fully saturated rings. The zero-order chi connectivity index (χ0) is 14.0. The van der Waals surface area contributed by atoms with E-state index < -0.39 is 7.12 Å². The summed E-state index contributed by atoms with van der Waals surface area (Å²) in [6.07, 6.45) is 1.76. The first-order valence-electron chi connectivity index (χ1n) is 6.59. The SMILES string of the molecule is CC(C)=C1CC(=C(C)C)C(B(O)O)C(=C(C)C)C1. The van der Waals surface area contributed by atoms with Crippen molar-refractivity contribution in [1.82, 2.24) is 0 Å². The second kappa shape index (κ2) is 5.90.